The third-order valence-electron chi connectivity index (χ3n) is 8.67. The molecule has 3 N–H and O–H groups in total. The minimum absolute atomic E-state index is 0.0162. The highest BCUT2D eigenvalue weighted by molar-refractivity contribution is 7.91. The zero-order chi connectivity index (χ0) is 31.6. The van der Waals surface area contributed by atoms with Gasteiger partial charge in [0.1, 0.15) is 27.6 Å². The van der Waals surface area contributed by atoms with Crippen LogP contribution in [0.25, 0.3) is 0 Å². The number of pyridine rings is 2. The lowest BCUT2D eigenvalue weighted by Gasteiger charge is -2.52. The summed E-state index contributed by atoms with van der Waals surface area (Å²) in [5.74, 6) is -2.24. The van der Waals surface area contributed by atoms with Crippen LogP contribution >= 0.6 is 0 Å². The number of carbonyl (C=O) groups is 1. The van der Waals surface area contributed by atoms with Gasteiger partial charge in [-0.1, -0.05) is 33.3 Å². The van der Waals surface area contributed by atoms with E-state index in [1.54, 1.807) is 19.3 Å². The second kappa shape index (κ2) is 12.4. The molecule has 0 aliphatic carbocycles. The number of aliphatic imine (C=N–C) groups is 1. The summed E-state index contributed by atoms with van der Waals surface area (Å²) < 4.78 is 57.5. The number of benzene rings is 1. The maximum atomic E-state index is 15.9. The highest BCUT2D eigenvalue weighted by Gasteiger charge is 2.63. The summed E-state index contributed by atoms with van der Waals surface area (Å²) in [6.07, 6.45) is 5.94. The molecule has 3 aromatic rings. The highest BCUT2D eigenvalue weighted by atomic mass is 32.2. The molecule has 12 heteroatoms. The van der Waals surface area contributed by atoms with E-state index in [2.05, 4.69) is 22.2 Å². The fourth-order valence-corrected chi connectivity index (χ4v) is 8.43. The molecule has 0 bridgehead atoms. The Kier molecular flexibility index (Phi) is 9.19. The van der Waals surface area contributed by atoms with Crippen LogP contribution in [0.5, 0.6) is 0 Å². The molecule has 0 radical (unpaired) electrons. The number of nitrogens with one attached hydrogen (secondary N) is 1. The van der Waals surface area contributed by atoms with Gasteiger partial charge < -0.3 is 11.1 Å². The molecule has 4 rings (SSSR count). The summed E-state index contributed by atoms with van der Waals surface area (Å²) >= 11 is 0. The number of carbonyl (C=O) groups excluding carboxylic acids is 1. The molecule has 4 unspecified atom stereocenters. The number of nitrogens with two attached hydrogens (primary N) is 1. The first kappa shape index (κ1) is 32.0. The molecule has 0 saturated heterocycles. The van der Waals surface area contributed by atoms with E-state index in [1.807, 2.05) is 26.0 Å². The number of guanidine groups is 1. The molecule has 43 heavy (non-hydrogen) atoms. The first-order valence-electron chi connectivity index (χ1n) is 14.2. The van der Waals surface area contributed by atoms with Gasteiger partial charge in [0.25, 0.3) is 5.91 Å². The van der Waals surface area contributed by atoms with Gasteiger partial charge >= 0.3 is 0 Å². The fraction of sp³-hybridized carbons (Fsp3) is 0.419. The van der Waals surface area contributed by atoms with Gasteiger partial charge in [-0.15, -0.1) is 0 Å². The number of hydrogen-bond donors (Lipinski definition) is 2. The van der Waals surface area contributed by atoms with Gasteiger partial charge in [0.05, 0.1) is 6.20 Å². The van der Waals surface area contributed by atoms with Crippen LogP contribution in [-0.2, 0) is 22.0 Å². The van der Waals surface area contributed by atoms with Gasteiger partial charge in [-0.3, -0.25) is 9.78 Å². The normalized spacial score (nSPS) is 22.9. The van der Waals surface area contributed by atoms with E-state index < -0.39 is 37.9 Å². The molecule has 1 aromatic carbocycles. The second-order valence-electron chi connectivity index (χ2n) is 11.5. The van der Waals surface area contributed by atoms with Crippen molar-refractivity contribution in [3.8, 4) is 0 Å². The van der Waals surface area contributed by atoms with Crippen LogP contribution in [0, 0.1) is 23.5 Å². The number of amides is 1. The van der Waals surface area contributed by atoms with E-state index in [4.69, 9.17) is 10.7 Å². The van der Waals surface area contributed by atoms with E-state index in [0.29, 0.717) is 12.8 Å². The van der Waals surface area contributed by atoms with Crippen LogP contribution in [0.2, 0.25) is 0 Å². The van der Waals surface area contributed by atoms with Gasteiger partial charge in [-0.05, 0) is 80.0 Å². The summed E-state index contributed by atoms with van der Waals surface area (Å²) in [4.78, 5) is 25.5. The number of aromatic nitrogens is 2. The Morgan fingerprint density at radius 1 is 1.12 bits per heavy atom. The first-order chi connectivity index (χ1) is 20.3. The molecular formula is C31H38F2N6O3S. The molecule has 1 amide bonds. The molecular weight excluding hydrogens is 574 g/mol. The van der Waals surface area contributed by atoms with E-state index in [1.165, 1.54) is 25.2 Å². The molecule has 1 aliphatic heterocycles. The van der Waals surface area contributed by atoms with Gasteiger partial charge in [-0.2, -0.15) is 0 Å². The summed E-state index contributed by atoms with van der Waals surface area (Å²) in [5, 5.41) is 2.65. The number of sulfonamides is 1. The maximum absolute atomic E-state index is 15.9. The van der Waals surface area contributed by atoms with Crippen molar-refractivity contribution in [1.29, 1.82) is 0 Å². The van der Waals surface area contributed by atoms with Crippen LogP contribution in [0.15, 0.2) is 66.0 Å². The molecule has 0 spiro atoms. The second-order valence-corrected chi connectivity index (χ2v) is 13.8. The number of halogens is 2. The van der Waals surface area contributed by atoms with Crippen molar-refractivity contribution >= 4 is 27.6 Å². The molecule has 0 fully saturated rings. The van der Waals surface area contributed by atoms with Crippen molar-refractivity contribution in [3.63, 3.8) is 0 Å². The molecule has 3 heterocycles. The smallest absolute Gasteiger partial charge is 0.274 e. The Morgan fingerprint density at radius 3 is 2.49 bits per heavy atom. The summed E-state index contributed by atoms with van der Waals surface area (Å²) in [6, 6.07) is 10.1. The van der Waals surface area contributed by atoms with Crippen LogP contribution < -0.4 is 11.1 Å². The van der Waals surface area contributed by atoms with Gasteiger partial charge in [0.2, 0.25) is 16.0 Å². The predicted molar refractivity (Wildman–Crippen MR) is 163 cm³/mol. The number of hydrogen-bond acceptors (Lipinski definition) is 7. The Bertz CT molecular complexity index is 1600. The topological polar surface area (TPSA) is 131 Å². The van der Waals surface area contributed by atoms with Gasteiger partial charge in [-0.25, -0.2) is 31.5 Å². The maximum Gasteiger partial charge on any atom is 0.274 e. The predicted octanol–water partition coefficient (Wildman–Crippen LogP) is 5.26. The molecule has 2 aromatic heterocycles. The Balaban J connectivity index is 1.81. The van der Waals surface area contributed by atoms with E-state index in [9.17, 15) is 17.6 Å². The summed E-state index contributed by atoms with van der Waals surface area (Å²) in [5.41, 5.74) is 5.71. The highest BCUT2D eigenvalue weighted by Crippen LogP contribution is 2.53. The van der Waals surface area contributed by atoms with Crippen LogP contribution in [0.1, 0.15) is 68.6 Å². The number of anilines is 1. The van der Waals surface area contributed by atoms with Gasteiger partial charge in [0.15, 0.2) is 0 Å². The lowest BCUT2D eigenvalue weighted by molar-refractivity contribution is 0.102. The lowest BCUT2D eigenvalue weighted by atomic mass is 9.70. The minimum Gasteiger partial charge on any atom is -0.369 e. The largest absolute Gasteiger partial charge is 0.369 e. The Hall–Kier alpha value is -3.93. The van der Waals surface area contributed by atoms with Crippen molar-refractivity contribution in [2.45, 2.75) is 63.7 Å². The van der Waals surface area contributed by atoms with Crippen molar-refractivity contribution in [2.75, 3.05) is 12.4 Å². The third kappa shape index (κ3) is 5.97. The fourth-order valence-electron chi connectivity index (χ4n) is 6.02. The number of rotatable bonds is 10. The standard InChI is InChI=1S/C31H38F2N6O3S/c1-6-13-31(17-21(3)20(2)15-22-8-7-14-35-18-22)30(4,38-29(34)39(5)43(31,41)42)25-16-24(10-11-26(25)33)37-28(40)27-12-9-23(32)19-36-27/h7-12,14,16,18-21H,6,13,15,17H2,1-5H3,(H2,34,38)(H,37,40). The van der Waals surface area contributed by atoms with Crippen molar-refractivity contribution in [2.24, 2.45) is 22.6 Å². The van der Waals surface area contributed by atoms with Crippen LogP contribution in [0.3, 0.4) is 0 Å². The average Bonchev–Trinajstić information content (AvgIpc) is 2.97. The molecule has 1 aliphatic rings. The van der Waals surface area contributed by atoms with Crippen molar-refractivity contribution < 1.29 is 22.0 Å². The molecule has 0 saturated carbocycles. The van der Waals surface area contributed by atoms with E-state index >= 15 is 4.39 Å². The third-order valence-corrected chi connectivity index (χ3v) is 11.3. The lowest BCUT2D eigenvalue weighted by Crippen LogP contribution is -2.65. The monoisotopic (exact) mass is 612 g/mol. The summed E-state index contributed by atoms with van der Waals surface area (Å²) in [7, 11) is -2.80. The Labute approximate surface area is 251 Å². The average molecular weight is 613 g/mol. The van der Waals surface area contributed by atoms with Crippen LogP contribution in [-0.4, -0.2) is 46.4 Å². The zero-order valence-corrected chi connectivity index (χ0v) is 25.8. The first-order valence-corrected chi connectivity index (χ1v) is 15.7. The Morgan fingerprint density at radius 2 is 1.86 bits per heavy atom. The van der Waals surface area contributed by atoms with Crippen molar-refractivity contribution in [1.82, 2.24) is 14.3 Å². The minimum atomic E-state index is -4.17. The van der Waals surface area contributed by atoms with E-state index in [0.717, 1.165) is 28.2 Å². The molecule has 4 atom stereocenters. The van der Waals surface area contributed by atoms with Crippen LogP contribution in [0.4, 0.5) is 14.5 Å². The zero-order valence-electron chi connectivity index (χ0n) is 25.0. The quantitative estimate of drug-likeness (QED) is 0.321. The molecule has 9 nitrogen and oxygen atoms in total. The van der Waals surface area contributed by atoms with Crippen molar-refractivity contribution in [3.05, 3.63) is 89.5 Å². The van der Waals surface area contributed by atoms with E-state index in [-0.39, 0.29) is 47.6 Å². The number of nitrogens with zero attached hydrogens (tertiary/aromatic N) is 4. The summed E-state index contributed by atoms with van der Waals surface area (Å²) in [6.45, 7) is 7.54. The van der Waals surface area contributed by atoms with Gasteiger partial charge in [0, 0.05) is 30.7 Å². The molecule has 230 valence electrons. The SMILES string of the molecule is CCCC1(CC(C)C(C)Cc2cccnc2)C(C)(c2cc(NC(=O)c3ccc(F)cn3)ccc2F)N=C(N)N(C)S1(=O)=O.